The molecule has 1 aliphatic rings. The molecule has 0 amide bonds. The van der Waals surface area contributed by atoms with Crippen LogP contribution < -0.4 is 11.3 Å². The molecule has 0 radical (unpaired) electrons. The molecule has 20 heavy (non-hydrogen) atoms. The summed E-state index contributed by atoms with van der Waals surface area (Å²) in [6, 6.07) is 1.92. The quantitative estimate of drug-likeness (QED) is 0.656. The number of aryl methyl sites for hydroxylation is 1. The van der Waals surface area contributed by atoms with Gasteiger partial charge in [0.1, 0.15) is 5.82 Å². The lowest BCUT2D eigenvalue weighted by molar-refractivity contribution is 0.695. The Labute approximate surface area is 117 Å². The van der Waals surface area contributed by atoms with Crippen LogP contribution in [0.25, 0.3) is 11.6 Å². The van der Waals surface area contributed by atoms with E-state index in [1.54, 1.807) is 12.4 Å². The maximum atomic E-state index is 5.51. The van der Waals surface area contributed by atoms with Crippen LogP contribution in [-0.2, 0) is 0 Å². The molecule has 3 N–H and O–H groups in total. The summed E-state index contributed by atoms with van der Waals surface area (Å²) in [5.74, 6) is 7.68. The number of nitrogens with zero attached hydrogens (tertiary/aromatic N) is 4. The molecule has 3 rings (SSSR count). The van der Waals surface area contributed by atoms with Crippen LogP contribution in [-0.4, -0.2) is 19.9 Å². The molecule has 0 spiro atoms. The van der Waals surface area contributed by atoms with Gasteiger partial charge in [0.2, 0.25) is 0 Å². The standard InChI is InChI=1S/C14H18N6/c1-9-7-16-13(17-8-9)14-18-11(6-12(19-14)20-15)10-4-2-3-5-10/h6-8,10H,2-5,15H2,1H3,(H,18,19,20). The van der Waals surface area contributed by atoms with E-state index in [1.807, 2.05) is 13.0 Å². The molecule has 2 aromatic rings. The van der Waals surface area contributed by atoms with Crippen molar-refractivity contribution in [3.8, 4) is 11.6 Å². The first-order chi connectivity index (χ1) is 9.76. The van der Waals surface area contributed by atoms with Gasteiger partial charge in [0, 0.05) is 30.1 Å². The zero-order valence-electron chi connectivity index (χ0n) is 11.5. The molecule has 0 atom stereocenters. The predicted octanol–water partition coefficient (Wildman–Crippen LogP) is 2.19. The number of nitrogens with two attached hydrogens (primary N) is 1. The normalized spacial score (nSPS) is 15.5. The maximum absolute atomic E-state index is 5.51. The molecule has 0 unspecified atom stereocenters. The monoisotopic (exact) mass is 270 g/mol. The fourth-order valence-corrected chi connectivity index (χ4v) is 2.58. The molecule has 6 heteroatoms. The topological polar surface area (TPSA) is 89.6 Å². The summed E-state index contributed by atoms with van der Waals surface area (Å²) in [5, 5.41) is 0. The third-order valence-corrected chi connectivity index (χ3v) is 3.65. The minimum absolute atomic E-state index is 0.495. The maximum Gasteiger partial charge on any atom is 0.199 e. The Bertz CT molecular complexity index is 589. The van der Waals surface area contributed by atoms with Crippen molar-refractivity contribution in [2.75, 3.05) is 5.43 Å². The largest absolute Gasteiger partial charge is 0.308 e. The van der Waals surface area contributed by atoms with Crippen LogP contribution in [0.1, 0.15) is 42.9 Å². The summed E-state index contributed by atoms with van der Waals surface area (Å²) >= 11 is 0. The number of rotatable bonds is 3. The summed E-state index contributed by atoms with van der Waals surface area (Å²) in [7, 11) is 0. The van der Waals surface area contributed by atoms with Crippen LogP contribution >= 0.6 is 0 Å². The van der Waals surface area contributed by atoms with Crippen LogP contribution in [0.5, 0.6) is 0 Å². The van der Waals surface area contributed by atoms with Gasteiger partial charge in [-0.05, 0) is 25.3 Å². The second kappa shape index (κ2) is 5.50. The number of hydrogen-bond acceptors (Lipinski definition) is 6. The van der Waals surface area contributed by atoms with E-state index in [1.165, 1.54) is 25.7 Å². The summed E-state index contributed by atoms with van der Waals surface area (Å²) in [6.45, 7) is 1.95. The first-order valence-corrected chi connectivity index (χ1v) is 6.91. The van der Waals surface area contributed by atoms with Gasteiger partial charge in [0.25, 0.3) is 0 Å². The first-order valence-electron chi connectivity index (χ1n) is 6.91. The zero-order chi connectivity index (χ0) is 13.9. The van der Waals surface area contributed by atoms with Crippen LogP contribution in [0.3, 0.4) is 0 Å². The van der Waals surface area contributed by atoms with Gasteiger partial charge in [-0.2, -0.15) is 0 Å². The summed E-state index contributed by atoms with van der Waals surface area (Å²) in [6.07, 6.45) is 8.41. The highest BCUT2D eigenvalue weighted by Gasteiger charge is 2.20. The fourth-order valence-electron chi connectivity index (χ4n) is 2.58. The predicted molar refractivity (Wildman–Crippen MR) is 76.8 cm³/mol. The molecule has 0 aromatic carbocycles. The molecule has 104 valence electrons. The number of hydrazine groups is 1. The second-order valence-electron chi connectivity index (χ2n) is 5.21. The van der Waals surface area contributed by atoms with Crippen LogP contribution in [0.15, 0.2) is 18.5 Å². The van der Waals surface area contributed by atoms with Gasteiger partial charge in [-0.15, -0.1) is 0 Å². The minimum Gasteiger partial charge on any atom is -0.308 e. The van der Waals surface area contributed by atoms with Crippen LogP contribution in [0, 0.1) is 6.92 Å². The molecule has 0 bridgehead atoms. The first kappa shape index (κ1) is 12.9. The van der Waals surface area contributed by atoms with Crippen molar-refractivity contribution in [1.29, 1.82) is 0 Å². The van der Waals surface area contributed by atoms with Gasteiger partial charge >= 0.3 is 0 Å². The Morgan fingerprint density at radius 3 is 2.45 bits per heavy atom. The van der Waals surface area contributed by atoms with Gasteiger partial charge < -0.3 is 5.43 Å². The molecule has 2 heterocycles. The lowest BCUT2D eigenvalue weighted by Gasteiger charge is -2.11. The van der Waals surface area contributed by atoms with Gasteiger partial charge in [-0.3, -0.25) is 0 Å². The third-order valence-electron chi connectivity index (χ3n) is 3.65. The van der Waals surface area contributed by atoms with Gasteiger partial charge in [-0.1, -0.05) is 12.8 Å². The second-order valence-corrected chi connectivity index (χ2v) is 5.21. The van der Waals surface area contributed by atoms with Crippen molar-refractivity contribution in [2.45, 2.75) is 38.5 Å². The molecule has 0 saturated heterocycles. The Morgan fingerprint density at radius 1 is 1.10 bits per heavy atom. The molecule has 6 nitrogen and oxygen atoms in total. The number of anilines is 1. The van der Waals surface area contributed by atoms with E-state index in [0.717, 1.165) is 11.3 Å². The van der Waals surface area contributed by atoms with Crippen LogP contribution in [0.4, 0.5) is 5.82 Å². The van der Waals surface area contributed by atoms with Gasteiger partial charge in [0.15, 0.2) is 11.6 Å². The van der Waals surface area contributed by atoms with Crippen molar-refractivity contribution in [2.24, 2.45) is 5.84 Å². The molecule has 1 aliphatic carbocycles. The Morgan fingerprint density at radius 2 is 1.80 bits per heavy atom. The highest BCUT2D eigenvalue weighted by atomic mass is 15.3. The van der Waals surface area contributed by atoms with Crippen molar-refractivity contribution >= 4 is 5.82 Å². The van der Waals surface area contributed by atoms with E-state index in [-0.39, 0.29) is 0 Å². The van der Waals surface area contributed by atoms with Crippen LogP contribution in [0.2, 0.25) is 0 Å². The number of aromatic nitrogens is 4. The third kappa shape index (κ3) is 2.60. The molecular formula is C14H18N6. The average molecular weight is 270 g/mol. The molecule has 1 saturated carbocycles. The summed E-state index contributed by atoms with van der Waals surface area (Å²) in [5.41, 5.74) is 4.65. The number of nitrogen functional groups attached to an aromatic ring is 1. The number of nitrogens with one attached hydrogen (secondary N) is 1. The van der Waals surface area contributed by atoms with E-state index in [0.29, 0.717) is 23.4 Å². The fraction of sp³-hybridized carbons (Fsp3) is 0.429. The Balaban J connectivity index is 2.01. The van der Waals surface area contributed by atoms with Gasteiger partial charge in [-0.25, -0.2) is 25.8 Å². The zero-order valence-corrected chi connectivity index (χ0v) is 11.5. The van der Waals surface area contributed by atoms with Crippen molar-refractivity contribution < 1.29 is 0 Å². The molecule has 0 aliphatic heterocycles. The highest BCUT2D eigenvalue weighted by Crippen LogP contribution is 2.34. The lowest BCUT2D eigenvalue weighted by atomic mass is 10.0. The lowest BCUT2D eigenvalue weighted by Crippen LogP contribution is -2.12. The SMILES string of the molecule is Cc1cnc(-c2nc(NN)cc(C3CCCC3)n2)nc1. The number of hydrogen-bond donors (Lipinski definition) is 2. The molecule has 1 fully saturated rings. The molecule has 2 aromatic heterocycles. The van der Waals surface area contributed by atoms with E-state index >= 15 is 0 Å². The van der Waals surface area contributed by atoms with E-state index < -0.39 is 0 Å². The van der Waals surface area contributed by atoms with E-state index in [4.69, 9.17) is 5.84 Å². The van der Waals surface area contributed by atoms with E-state index in [2.05, 4.69) is 25.4 Å². The van der Waals surface area contributed by atoms with Crippen molar-refractivity contribution in [3.63, 3.8) is 0 Å². The van der Waals surface area contributed by atoms with E-state index in [9.17, 15) is 0 Å². The Kier molecular flexibility index (Phi) is 3.56. The van der Waals surface area contributed by atoms with Crippen molar-refractivity contribution in [1.82, 2.24) is 19.9 Å². The van der Waals surface area contributed by atoms with Crippen molar-refractivity contribution in [3.05, 3.63) is 29.7 Å². The minimum atomic E-state index is 0.495. The smallest absolute Gasteiger partial charge is 0.199 e. The van der Waals surface area contributed by atoms with Gasteiger partial charge in [0.05, 0.1) is 0 Å². The summed E-state index contributed by atoms with van der Waals surface area (Å²) in [4.78, 5) is 17.6. The molecular weight excluding hydrogens is 252 g/mol. The average Bonchev–Trinajstić information content (AvgIpc) is 3.02. The summed E-state index contributed by atoms with van der Waals surface area (Å²) < 4.78 is 0. The highest BCUT2D eigenvalue weighted by molar-refractivity contribution is 5.49. The Hall–Kier alpha value is -2.08.